The van der Waals surface area contributed by atoms with Crippen molar-refractivity contribution in [3.8, 4) is 5.75 Å². The summed E-state index contributed by atoms with van der Waals surface area (Å²) in [7, 11) is 1.76. The van der Waals surface area contributed by atoms with Crippen LogP contribution in [0.1, 0.15) is 56.1 Å². The van der Waals surface area contributed by atoms with Gasteiger partial charge in [-0.25, -0.2) is 0 Å². The standard InChI is InChI=1S/C21H28O3/c1-20-9-7-17-16-6-4-15(22-2)13-14(16)3-5-18(17)19(20)8-10-21(20)23-11-12-24-21/h4,6,13,17-19H,3,5,7-12H2,1-2H3/t17-,18-,19-,20+/m0/s1. The molecule has 1 aromatic rings. The summed E-state index contributed by atoms with van der Waals surface area (Å²) in [6.45, 7) is 4.01. The molecule has 3 aliphatic carbocycles. The van der Waals surface area contributed by atoms with E-state index >= 15 is 0 Å². The third-order valence-corrected chi connectivity index (χ3v) is 7.73. The van der Waals surface area contributed by atoms with Crippen LogP contribution in [-0.2, 0) is 15.9 Å². The zero-order valence-corrected chi connectivity index (χ0v) is 14.8. The Balaban J connectivity index is 1.49. The predicted octanol–water partition coefficient (Wildman–Crippen LogP) is 4.29. The van der Waals surface area contributed by atoms with Gasteiger partial charge in [-0.15, -0.1) is 0 Å². The third kappa shape index (κ3) is 1.86. The summed E-state index contributed by atoms with van der Waals surface area (Å²) in [6, 6.07) is 6.74. The van der Waals surface area contributed by atoms with Crippen molar-refractivity contribution in [1.29, 1.82) is 0 Å². The lowest BCUT2D eigenvalue weighted by atomic mass is 9.55. The van der Waals surface area contributed by atoms with Crippen molar-refractivity contribution < 1.29 is 14.2 Å². The zero-order chi connectivity index (χ0) is 16.4. The summed E-state index contributed by atoms with van der Waals surface area (Å²) < 4.78 is 17.9. The molecular formula is C21H28O3. The van der Waals surface area contributed by atoms with Gasteiger partial charge in [-0.3, -0.25) is 0 Å². The molecular weight excluding hydrogens is 300 g/mol. The van der Waals surface area contributed by atoms with Crippen LogP contribution in [0.15, 0.2) is 18.2 Å². The van der Waals surface area contributed by atoms with E-state index in [-0.39, 0.29) is 11.2 Å². The first-order chi connectivity index (χ1) is 11.7. The first-order valence-electron chi connectivity index (χ1n) is 9.62. The number of hydrogen-bond donors (Lipinski definition) is 0. The van der Waals surface area contributed by atoms with Crippen molar-refractivity contribution in [1.82, 2.24) is 0 Å². The molecule has 1 aromatic carbocycles. The van der Waals surface area contributed by atoms with Gasteiger partial charge in [0.05, 0.1) is 20.3 Å². The molecule has 1 aliphatic heterocycles. The van der Waals surface area contributed by atoms with Crippen molar-refractivity contribution in [2.24, 2.45) is 17.3 Å². The number of aryl methyl sites for hydroxylation is 1. The molecule has 0 radical (unpaired) electrons. The van der Waals surface area contributed by atoms with E-state index < -0.39 is 0 Å². The topological polar surface area (TPSA) is 27.7 Å². The van der Waals surface area contributed by atoms with Gasteiger partial charge >= 0.3 is 0 Å². The summed E-state index contributed by atoms with van der Waals surface area (Å²) in [6.07, 6.45) is 7.35. The average Bonchev–Trinajstić information content (AvgIpc) is 3.21. The van der Waals surface area contributed by atoms with Crippen molar-refractivity contribution in [2.75, 3.05) is 20.3 Å². The Kier molecular flexibility index (Phi) is 3.31. The van der Waals surface area contributed by atoms with E-state index in [1.54, 1.807) is 12.7 Å². The van der Waals surface area contributed by atoms with Crippen LogP contribution in [0.3, 0.4) is 0 Å². The number of hydrogen-bond acceptors (Lipinski definition) is 3. The van der Waals surface area contributed by atoms with E-state index in [1.807, 2.05) is 0 Å². The van der Waals surface area contributed by atoms with Gasteiger partial charge < -0.3 is 14.2 Å². The first-order valence-corrected chi connectivity index (χ1v) is 9.62. The Hall–Kier alpha value is -1.06. The Morgan fingerprint density at radius 2 is 1.92 bits per heavy atom. The number of fused-ring (bicyclic) bond motifs is 6. The van der Waals surface area contributed by atoms with E-state index in [0.29, 0.717) is 5.92 Å². The van der Waals surface area contributed by atoms with Crippen LogP contribution in [-0.4, -0.2) is 26.1 Å². The minimum absolute atomic E-state index is 0.203. The normalized spacial score (nSPS) is 39.3. The van der Waals surface area contributed by atoms with Crippen LogP contribution in [0.2, 0.25) is 0 Å². The largest absolute Gasteiger partial charge is 0.497 e. The molecule has 3 nitrogen and oxygen atoms in total. The molecule has 0 unspecified atom stereocenters. The lowest BCUT2D eigenvalue weighted by Gasteiger charge is -2.52. The van der Waals surface area contributed by atoms with E-state index in [1.165, 1.54) is 37.7 Å². The quantitative estimate of drug-likeness (QED) is 0.769. The second kappa shape index (κ2) is 5.22. The van der Waals surface area contributed by atoms with Gasteiger partial charge in [0.1, 0.15) is 5.75 Å². The van der Waals surface area contributed by atoms with Crippen molar-refractivity contribution in [3.05, 3.63) is 29.3 Å². The number of benzene rings is 1. The maximum absolute atomic E-state index is 6.21. The minimum atomic E-state index is -0.275. The van der Waals surface area contributed by atoms with E-state index in [0.717, 1.165) is 37.2 Å². The second-order valence-corrected chi connectivity index (χ2v) is 8.42. The fourth-order valence-corrected chi connectivity index (χ4v) is 6.57. The molecule has 0 aromatic heterocycles. The molecule has 5 rings (SSSR count). The van der Waals surface area contributed by atoms with Gasteiger partial charge in [-0.2, -0.15) is 0 Å². The molecule has 24 heavy (non-hydrogen) atoms. The molecule has 0 N–H and O–H groups in total. The second-order valence-electron chi connectivity index (χ2n) is 8.42. The van der Waals surface area contributed by atoms with Crippen LogP contribution in [0, 0.1) is 17.3 Å². The third-order valence-electron chi connectivity index (χ3n) is 7.73. The van der Waals surface area contributed by atoms with Gasteiger partial charge in [-0.05, 0) is 73.1 Å². The Bertz CT molecular complexity index is 648. The van der Waals surface area contributed by atoms with Crippen LogP contribution in [0.25, 0.3) is 0 Å². The highest BCUT2D eigenvalue weighted by atomic mass is 16.7. The Labute approximate surface area is 144 Å². The zero-order valence-electron chi connectivity index (χ0n) is 14.8. The maximum atomic E-state index is 6.21. The molecule has 3 fully saturated rings. The molecule has 0 amide bonds. The maximum Gasteiger partial charge on any atom is 0.174 e. The summed E-state index contributed by atoms with van der Waals surface area (Å²) >= 11 is 0. The predicted molar refractivity (Wildman–Crippen MR) is 92.2 cm³/mol. The van der Waals surface area contributed by atoms with Gasteiger partial charge in [0.25, 0.3) is 0 Å². The molecule has 0 bridgehead atoms. The summed E-state index contributed by atoms with van der Waals surface area (Å²) in [5.41, 5.74) is 3.30. The monoisotopic (exact) mass is 328 g/mol. The highest BCUT2D eigenvalue weighted by Gasteiger charge is 2.64. The molecule has 130 valence electrons. The van der Waals surface area contributed by atoms with Crippen molar-refractivity contribution in [3.63, 3.8) is 0 Å². The Morgan fingerprint density at radius 1 is 1.08 bits per heavy atom. The molecule has 2 saturated carbocycles. The summed E-state index contributed by atoms with van der Waals surface area (Å²) in [5.74, 6) is 2.97. The van der Waals surface area contributed by atoms with Gasteiger partial charge in [0.15, 0.2) is 5.79 Å². The number of methoxy groups -OCH3 is 1. The van der Waals surface area contributed by atoms with E-state index in [9.17, 15) is 0 Å². The molecule has 4 atom stereocenters. The lowest BCUT2D eigenvalue weighted by molar-refractivity contribution is -0.237. The molecule has 3 heteroatoms. The fraction of sp³-hybridized carbons (Fsp3) is 0.714. The Morgan fingerprint density at radius 3 is 2.71 bits per heavy atom. The summed E-state index contributed by atoms with van der Waals surface area (Å²) in [4.78, 5) is 0. The minimum Gasteiger partial charge on any atom is -0.497 e. The lowest BCUT2D eigenvalue weighted by Crippen LogP contribution is -2.51. The smallest absolute Gasteiger partial charge is 0.174 e. The van der Waals surface area contributed by atoms with Gasteiger partial charge in [0, 0.05) is 11.8 Å². The van der Waals surface area contributed by atoms with Crippen LogP contribution in [0.5, 0.6) is 5.75 Å². The molecule has 1 saturated heterocycles. The fourth-order valence-electron chi connectivity index (χ4n) is 6.57. The van der Waals surface area contributed by atoms with Gasteiger partial charge in [-0.1, -0.05) is 13.0 Å². The number of rotatable bonds is 1. The van der Waals surface area contributed by atoms with E-state index in [4.69, 9.17) is 14.2 Å². The molecule has 4 aliphatic rings. The first kappa shape index (κ1) is 15.2. The highest BCUT2D eigenvalue weighted by molar-refractivity contribution is 5.40. The average molecular weight is 328 g/mol. The van der Waals surface area contributed by atoms with Crippen LogP contribution < -0.4 is 4.74 Å². The highest BCUT2D eigenvalue weighted by Crippen LogP contribution is 2.66. The van der Waals surface area contributed by atoms with Crippen LogP contribution >= 0.6 is 0 Å². The van der Waals surface area contributed by atoms with Crippen molar-refractivity contribution >= 4 is 0 Å². The molecule has 1 heterocycles. The molecule has 1 spiro atoms. The number of ether oxygens (including phenoxy) is 3. The SMILES string of the molecule is COc1ccc2c(c1)CC[C@H]1[C@H]2CC[C@]2(C)[C@H]1CCC21OCCO1. The summed E-state index contributed by atoms with van der Waals surface area (Å²) in [5, 5.41) is 0. The van der Waals surface area contributed by atoms with Crippen molar-refractivity contribution in [2.45, 2.75) is 57.2 Å². The van der Waals surface area contributed by atoms with Crippen LogP contribution in [0.4, 0.5) is 0 Å². The van der Waals surface area contributed by atoms with E-state index in [2.05, 4.69) is 25.1 Å². The van der Waals surface area contributed by atoms with Gasteiger partial charge in [0.2, 0.25) is 0 Å².